The Morgan fingerprint density at radius 2 is 2.41 bits per heavy atom. The van der Waals surface area contributed by atoms with Gasteiger partial charge in [-0.1, -0.05) is 0 Å². The molecule has 92 valence electrons. The lowest BCUT2D eigenvalue weighted by atomic mass is 10.2. The Morgan fingerprint density at radius 3 is 2.88 bits per heavy atom. The van der Waals surface area contributed by atoms with Gasteiger partial charge in [0.1, 0.15) is 0 Å². The molecule has 2 rings (SSSR count). The number of hydrogen-bond donors (Lipinski definition) is 2. The van der Waals surface area contributed by atoms with Crippen molar-refractivity contribution in [3.63, 3.8) is 0 Å². The minimum Gasteiger partial charge on any atom is -0.364 e. The van der Waals surface area contributed by atoms with E-state index < -0.39 is 5.91 Å². The number of hydrogen-bond acceptors (Lipinski definition) is 5. The van der Waals surface area contributed by atoms with Gasteiger partial charge in [0.15, 0.2) is 11.5 Å². The second-order valence-corrected chi connectivity index (χ2v) is 4.07. The SMILES string of the molecule is CCN(c1ccc(C(N)=O)nn1)C1CCNC1. The second-order valence-electron chi connectivity index (χ2n) is 4.07. The molecule has 1 aromatic rings. The standard InChI is InChI=1S/C11H17N5O/c1-2-16(8-5-6-13-7-8)10-4-3-9(11(12)17)14-15-10/h3-4,8,13H,2,5-7H2,1H3,(H2,12,17). The van der Waals surface area contributed by atoms with Gasteiger partial charge in [0, 0.05) is 19.1 Å². The molecule has 0 aliphatic carbocycles. The van der Waals surface area contributed by atoms with Crippen molar-refractivity contribution in [3.8, 4) is 0 Å². The first-order valence-electron chi connectivity index (χ1n) is 5.83. The van der Waals surface area contributed by atoms with Crippen LogP contribution in [0.15, 0.2) is 12.1 Å². The number of rotatable bonds is 4. The van der Waals surface area contributed by atoms with Crippen molar-refractivity contribution < 1.29 is 4.79 Å². The molecule has 0 bridgehead atoms. The summed E-state index contributed by atoms with van der Waals surface area (Å²) < 4.78 is 0. The van der Waals surface area contributed by atoms with E-state index >= 15 is 0 Å². The van der Waals surface area contributed by atoms with Crippen LogP contribution in [0.2, 0.25) is 0 Å². The van der Waals surface area contributed by atoms with Crippen molar-refractivity contribution in [3.05, 3.63) is 17.8 Å². The Hall–Kier alpha value is -1.69. The van der Waals surface area contributed by atoms with Crippen LogP contribution in [0.25, 0.3) is 0 Å². The Bertz CT molecular complexity index is 385. The number of carbonyl (C=O) groups is 1. The Kier molecular flexibility index (Phi) is 3.53. The van der Waals surface area contributed by atoms with Crippen molar-refractivity contribution in [1.82, 2.24) is 15.5 Å². The van der Waals surface area contributed by atoms with E-state index in [0.29, 0.717) is 6.04 Å². The lowest BCUT2D eigenvalue weighted by Gasteiger charge is -2.27. The molecule has 1 aliphatic heterocycles. The van der Waals surface area contributed by atoms with Crippen LogP contribution >= 0.6 is 0 Å². The minimum atomic E-state index is -0.547. The lowest BCUT2D eigenvalue weighted by Crippen LogP contribution is -2.37. The van der Waals surface area contributed by atoms with E-state index in [2.05, 4.69) is 27.3 Å². The van der Waals surface area contributed by atoms with Crippen molar-refractivity contribution in [2.45, 2.75) is 19.4 Å². The third-order valence-electron chi connectivity index (χ3n) is 3.01. The van der Waals surface area contributed by atoms with E-state index in [1.54, 1.807) is 12.1 Å². The summed E-state index contributed by atoms with van der Waals surface area (Å²) in [6, 6.07) is 3.87. The highest BCUT2D eigenvalue weighted by Crippen LogP contribution is 2.16. The summed E-state index contributed by atoms with van der Waals surface area (Å²) in [5.41, 5.74) is 5.33. The van der Waals surface area contributed by atoms with Gasteiger partial charge in [0.25, 0.3) is 5.91 Å². The van der Waals surface area contributed by atoms with E-state index in [0.717, 1.165) is 31.9 Å². The highest BCUT2D eigenvalue weighted by Gasteiger charge is 2.22. The molecule has 1 aliphatic rings. The van der Waals surface area contributed by atoms with Crippen LogP contribution in [0.4, 0.5) is 5.82 Å². The summed E-state index contributed by atoms with van der Waals surface area (Å²) in [6.07, 6.45) is 1.10. The minimum absolute atomic E-state index is 0.203. The van der Waals surface area contributed by atoms with Crippen molar-refractivity contribution in [2.24, 2.45) is 5.73 Å². The van der Waals surface area contributed by atoms with Crippen molar-refractivity contribution in [2.75, 3.05) is 24.5 Å². The van der Waals surface area contributed by atoms with Gasteiger partial charge in [-0.2, -0.15) is 0 Å². The Balaban J connectivity index is 2.16. The van der Waals surface area contributed by atoms with Crippen LogP contribution < -0.4 is 16.0 Å². The van der Waals surface area contributed by atoms with Gasteiger partial charge in [-0.15, -0.1) is 10.2 Å². The number of primary amides is 1. The molecule has 1 aromatic heterocycles. The maximum atomic E-state index is 10.9. The molecule has 0 aromatic carbocycles. The maximum absolute atomic E-state index is 10.9. The topological polar surface area (TPSA) is 84.1 Å². The van der Waals surface area contributed by atoms with E-state index in [1.807, 2.05) is 0 Å². The van der Waals surface area contributed by atoms with Crippen LogP contribution in [0.1, 0.15) is 23.8 Å². The summed E-state index contributed by atoms with van der Waals surface area (Å²) in [5, 5.41) is 11.2. The summed E-state index contributed by atoms with van der Waals surface area (Å²) in [5.74, 6) is 0.251. The van der Waals surface area contributed by atoms with Crippen LogP contribution in [0, 0.1) is 0 Å². The van der Waals surface area contributed by atoms with Gasteiger partial charge in [0.05, 0.1) is 0 Å². The average molecular weight is 235 g/mol. The Labute approximate surface area is 100 Å². The van der Waals surface area contributed by atoms with Crippen molar-refractivity contribution >= 4 is 11.7 Å². The zero-order valence-corrected chi connectivity index (χ0v) is 9.89. The molecule has 1 amide bonds. The van der Waals surface area contributed by atoms with E-state index in [-0.39, 0.29) is 5.69 Å². The predicted molar refractivity (Wildman–Crippen MR) is 64.8 cm³/mol. The number of nitrogens with zero attached hydrogens (tertiary/aromatic N) is 3. The molecule has 6 nitrogen and oxygen atoms in total. The number of carbonyl (C=O) groups excluding carboxylic acids is 1. The average Bonchev–Trinajstić information content (AvgIpc) is 2.84. The highest BCUT2D eigenvalue weighted by atomic mass is 16.1. The largest absolute Gasteiger partial charge is 0.364 e. The molecule has 3 N–H and O–H groups in total. The van der Waals surface area contributed by atoms with Gasteiger partial charge >= 0.3 is 0 Å². The fraction of sp³-hybridized carbons (Fsp3) is 0.545. The quantitative estimate of drug-likeness (QED) is 0.752. The zero-order chi connectivity index (χ0) is 12.3. The number of likely N-dealkylation sites (N-methyl/N-ethyl adjacent to an activating group) is 1. The molecule has 0 saturated carbocycles. The van der Waals surface area contributed by atoms with Gasteiger partial charge in [0.2, 0.25) is 0 Å². The van der Waals surface area contributed by atoms with Gasteiger partial charge in [-0.3, -0.25) is 4.79 Å². The lowest BCUT2D eigenvalue weighted by molar-refractivity contribution is 0.0994. The summed E-state index contributed by atoms with van der Waals surface area (Å²) in [4.78, 5) is 13.1. The van der Waals surface area contributed by atoms with E-state index in [4.69, 9.17) is 5.73 Å². The molecule has 0 spiro atoms. The number of aromatic nitrogens is 2. The summed E-state index contributed by atoms with van der Waals surface area (Å²) in [6.45, 7) is 4.96. The van der Waals surface area contributed by atoms with Crippen LogP contribution in [-0.4, -0.2) is 41.8 Å². The van der Waals surface area contributed by atoms with Crippen LogP contribution in [-0.2, 0) is 0 Å². The number of anilines is 1. The molecule has 2 heterocycles. The molecule has 1 atom stereocenters. The second kappa shape index (κ2) is 5.09. The number of nitrogens with two attached hydrogens (primary N) is 1. The molecule has 17 heavy (non-hydrogen) atoms. The first-order chi connectivity index (χ1) is 8.22. The number of nitrogens with one attached hydrogen (secondary N) is 1. The highest BCUT2D eigenvalue weighted by molar-refractivity contribution is 5.90. The molecule has 1 saturated heterocycles. The van der Waals surface area contributed by atoms with Crippen LogP contribution in [0.5, 0.6) is 0 Å². The molecular formula is C11H17N5O. The monoisotopic (exact) mass is 235 g/mol. The normalized spacial score (nSPS) is 19.2. The summed E-state index contributed by atoms with van der Waals surface area (Å²) in [7, 11) is 0. The number of amides is 1. The smallest absolute Gasteiger partial charge is 0.269 e. The van der Waals surface area contributed by atoms with E-state index in [9.17, 15) is 4.79 Å². The third kappa shape index (κ3) is 2.52. The summed E-state index contributed by atoms with van der Waals surface area (Å²) >= 11 is 0. The van der Waals surface area contributed by atoms with Crippen molar-refractivity contribution in [1.29, 1.82) is 0 Å². The third-order valence-corrected chi connectivity index (χ3v) is 3.01. The maximum Gasteiger partial charge on any atom is 0.269 e. The fourth-order valence-corrected chi connectivity index (χ4v) is 2.12. The zero-order valence-electron chi connectivity index (χ0n) is 9.89. The molecule has 6 heteroatoms. The van der Waals surface area contributed by atoms with E-state index in [1.165, 1.54) is 0 Å². The fourth-order valence-electron chi connectivity index (χ4n) is 2.12. The first kappa shape index (κ1) is 11.8. The van der Waals surface area contributed by atoms with Gasteiger partial charge < -0.3 is 16.0 Å². The van der Waals surface area contributed by atoms with Gasteiger partial charge in [-0.25, -0.2) is 0 Å². The Morgan fingerprint density at radius 1 is 1.59 bits per heavy atom. The van der Waals surface area contributed by atoms with Crippen LogP contribution in [0.3, 0.4) is 0 Å². The molecule has 1 fully saturated rings. The van der Waals surface area contributed by atoms with Gasteiger partial charge in [-0.05, 0) is 32.0 Å². The molecular weight excluding hydrogens is 218 g/mol. The first-order valence-corrected chi connectivity index (χ1v) is 5.83. The predicted octanol–water partition coefficient (Wildman–Crippen LogP) is -0.236. The molecule has 1 unspecified atom stereocenters. The molecule has 0 radical (unpaired) electrons.